The van der Waals surface area contributed by atoms with Crippen molar-refractivity contribution in [3.05, 3.63) is 0 Å². The summed E-state index contributed by atoms with van der Waals surface area (Å²) in [6.45, 7) is 3.94. The van der Waals surface area contributed by atoms with E-state index in [0.29, 0.717) is 0 Å². The van der Waals surface area contributed by atoms with E-state index in [4.69, 9.17) is 0 Å². The second-order valence-electron chi connectivity index (χ2n) is 0.697. The molecule has 0 N–H and O–H groups in total. The van der Waals surface area contributed by atoms with Gasteiger partial charge in [-0.25, -0.2) is 0 Å². The predicted molar refractivity (Wildman–Crippen MR) is 23.4 cm³/mol. The third kappa shape index (κ3) is 2.13. The molecule has 0 unspecified atom stereocenters. The molecule has 0 bridgehead atoms. The average molecular weight is 51.7 g/mol. The maximum absolute atomic E-state index is 3.48. The molecular formula is C2H6B2. The monoisotopic (exact) mass is 52.1 g/mol. The van der Waals surface area contributed by atoms with Crippen LogP contribution in [0.1, 0.15) is 6.92 Å². The third-order valence-corrected chi connectivity index (χ3v) is 0.289. The summed E-state index contributed by atoms with van der Waals surface area (Å²) < 4.78 is 0. The Morgan fingerprint density at radius 1 is 2.00 bits per heavy atom. The normalized spacial score (nSPS) is 5.00. The Morgan fingerprint density at radius 2 is 2.25 bits per heavy atom. The van der Waals surface area contributed by atoms with Crippen LogP contribution in [0, 0.1) is 0 Å². The Balaban J connectivity index is 2.30. The summed E-state index contributed by atoms with van der Waals surface area (Å²) in [6, 6.07) is 0. The molecule has 0 fully saturated rings. The third-order valence-electron chi connectivity index (χ3n) is 0.289. The molecule has 2 heteroatoms. The zero-order valence-corrected chi connectivity index (χ0v) is 2.99. The quantitative estimate of drug-likeness (QED) is 0.366. The summed E-state index contributed by atoms with van der Waals surface area (Å²) in [6.07, 6.45) is 1.08. The molecule has 0 radical (unpaired) electrons. The van der Waals surface area contributed by atoms with E-state index in [1.807, 2.05) is 6.80 Å². The summed E-state index contributed by atoms with van der Waals surface area (Å²) in [7, 11) is 3.48. The molecule has 0 spiro atoms. The van der Waals surface area contributed by atoms with Gasteiger partial charge in [-0.1, -0.05) is 0 Å². The van der Waals surface area contributed by atoms with Crippen molar-refractivity contribution in [3.63, 3.8) is 0 Å². The van der Waals surface area contributed by atoms with E-state index in [1.165, 1.54) is 0 Å². The molecule has 0 aromatic heterocycles. The van der Waals surface area contributed by atoms with Crippen molar-refractivity contribution in [1.29, 1.82) is 0 Å². The van der Waals surface area contributed by atoms with Gasteiger partial charge in [-0.05, 0) is 0 Å². The van der Waals surface area contributed by atoms with Crippen molar-refractivity contribution in [2.75, 3.05) is 0 Å². The summed E-state index contributed by atoms with van der Waals surface area (Å²) >= 11 is 0. The van der Waals surface area contributed by atoms with Gasteiger partial charge in [0, 0.05) is 0 Å². The standard InChI is InChI=1S/C2H6B2/c1-2-4-3/h3H,2H2,1H3. The topological polar surface area (TPSA) is 0 Å². The van der Waals surface area contributed by atoms with Crippen LogP contribution in [0.25, 0.3) is 0 Å². The molecule has 0 amide bonds. The maximum atomic E-state index is 3.48. The van der Waals surface area contributed by atoms with Gasteiger partial charge < -0.3 is 0 Å². The summed E-state index contributed by atoms with van der Waals surface area (Å²) in [5.41, 5.74) is 0. The molecule has 0 rings (SSSR count). The first kappa shape index (κ1) is 4.13. The van der Waals surface area contributed by atoms with E-state index in [1.54, 1.807) is 0 Å². The van der Waals surface area contributed by atoms with Gasteiger partial charge in [0.1, 0.15) is 0 Å². The van der Waals surface area contributed by atoms with Gasteiger partial charge in [0.2, 0.25) is 0 Å². The number of hydrogen-bond acceptors (Lipinski definition) is 0. The number of rotatable bonds is 1. The van der Waals surface area contributed by atoms with Crippen LogP contribution < -0.4 is 0 Å². The van der Waals surface area contributed by atoms with E-state index in [0.717, 1.165) is 6.32 Å². The van der Waals surface area contributed by atoms with Gasteiger partial charge in [-0.15, -0.1) is 0 Å². The summed E-state index contributed by atoms with van der Waals surface area (Å²) in [5.74, 6) is 0. The molecule has 0 saturated heterocycles. The Morgan fingerprint density at radius 3 is 2.25 bits per heavy atom. The zero-order valence-electron chi connectivity index (χ0n) is 2.99. The van der Waals surface area contributed by atoms with Gasteiger partial charge >= 0.3 is 27.4 Å². The summed E-state index contributed by atoms with van der Waals surface area (Å²) in [5, 5.41) is 0. The van der Waals surface area contributed by atoms with Crippen LogP contribution in [0.5, 0.6) is 0 Å². The van der Waals surface area contributed by atoms with Crippen LogP contribution >= 0.6 is 0 Å². The van der Waals surface area contributed by atoms with Crippen LogP contribution in [0.15, 0.2) is 0 Å². The van der Waals surface area contributed by atoms with E-state index in [9.17, 15) is 0 Å². The van der Waals surface area contributed by atoms with Crippen LogP contribution in [-0.4, -0.2) is 14.2 Å². The van der Waals surface area contributed by atoms with Crippen molar-refractivity contribution in [2.24, 2.45) is 0 Å². The molecule has 0 aliphatic carbocycles. The van der Waals surface area contributed by atoms with E-state index in [2.05, 4.69) is 14.3 Å². The average Bonchev–Trinajstić information content (AvgIpc) is 1.37. The van der Waals surface area contributed by atoms with Crippen molar-refractivity contribution >= 4 is 14.2 Å². The SMILES string of the molecule is B=BCC. The summed E-state index contributed by atoms with van der Waals surface area (Å²) in [4.78, 5) is 0. The molecule has 0 aliphatic rings. The Hall–Kier alpha value is 0.130. The van der Waals surface area contributed by atoms with Gasteiger partial charge in [0.25, 0.3) is 0 Å². The van der Waals surface area contributed by atoms with Crippen molar-refractivity contribution < 1.29 is 0 Å². The number of hydrogen-bond donors (Lipinski definition) is 0. The van der Waals surface area contributed by atoms with Crippen LogP contribution in [0.4, 0.5) is 0 Å². The minimum atomic E-state index is 1.08. The van der Waals surface area contributed by atoms with E-state index >= 15 is 0 Å². The van der Waals surface area contributed by atoms with Gasteiger partial charge in [-0.3, -0.25) is 0 Å². The first-order chi connectivity index (χ1) is 1.91. The first-order valence-electron chi connectivity index (χ1n) is 1.52. The van der Waals surface area contributed by atoms with Crippen LogP contribution in [0.2, 0.25) is 6.32 Å². The molecular weight excluding hydrogens is 45.6 g/mol. The van der Waals surface area contributed by atoms with E-state index < -0.39 is 0 Å². The van der Waals surface area contributed by atoms with Gasteiger partial charge in [0.05, 0.1) is 0 Å². The first-order valence-corrected chi connectivity index (χ1v) is 1.52. The molecule has 0 aromatic rings. The zero-order chi connectivity index (χ0) is 3.41. The fourth-order valence-electron chi connectivity index (χ4n) is 0. The molecule has 4 heavy (non-hydrogen) atoms. The van der Waals surface area contributed by atoms with Crippen LogP contribution in [-0.2, 0) is 0 Å². The fraction of sp³-hybridized carbons (Fsp3) is 1.00. The predicted octanol–water partition coefficient (Wildman–Crippen LogP) is -0.0554. The molecule has 20 valence electrons. The second kappa shape index (κ2) is 3.13. The van der Waals surface area contributed by atoms with Crippen molar-refractivity contribution in [3.8, 4) is 0 Å². The molecule has 0 aliphatic heterocycles. The molecule has 0 heterocycles. The molecule has 0 saturated carbocycles. The minimum absolute atomic E-state index is 1.08. The van der Waals surface area contributed by atoms with Crippen LogP contribution in [0.3, 0.4) is 0 Å². The van der Waals surface area contributed by atoms with E-state index in [-0.39, 0.29) is 0 Å². The molecule has 0 aromatic carbocycles. The van der Waals surface area contributed by atoms with Gasteiger partial charge in [-0.2, -0.15) is 0 Å². The molecule has 0 atom stereocenters. The van der Waals surface area contributed by atoms with Gasteiger partial charge in [0.15, 0.2) is 0 Å². The van der Waals surface area contributed by atoms with Crippen molar-refractivity contribution in [2.45, 2.75) is 13.2 Å². The second-order valence-corrected chi connectivity index (χ2v) is 0.697. The van der Waals surface area contributed by atoms with Crippen molar-refractivity contribution in [1.82, 2.24) is 0 Å². The Kier molecular flexibility index (Phi) is 3.23. The molecule has 0 nitrogen and oxygen atoms in total. The fourth-order valence-corrected chi connectivity index (χ4v) is 0. The Bertz CT molecular complexity index is 18.0. The Labute approximate surface area is 28.5 Å².